The smallest absolute Gasteiger partial charge is 0.121 e. The Morgan fingerprint density at radius 3 is 1.95 bits per heavy atom. The van der Waals surface area contributed by atoms with Crippen molar-refractivity contribution in [3.8, 4) is 11.5 Å². The molecule has 0 heterocycles. The van der Waals surface area contributed by atoms with E-state index in [1.165, 1.54) is 0 Å². The third-order valence-electron chi connectivity index (χ3n) is 3.78. The molecule has 2 rings (SSSR count). The third-order valence-corrected chi connectivity index (χ3v) is 3.78. The zero-order valence-electron chi connectivity index (χ0n) is 11.9. The molecule has 2 nitrogen and oxygen atoms in total. The van der Waals surface area contributed by atoms with Gasteiger partial charge in [-0.3, -0.25) is 0 Å². The molecule has 0 aliphatic heterocycles. The number of aryl methyl sites for hydroxylation is 2. The van der Waals surface area contributed by atoms with E-state index in [-0.39, 0.29) is 11.2 Å². The highest BCUT2D eigenvalue weighted by molar-refractivity contribution is 5.48. The molecule has 0 unspecified atom stereocenters. The number of phenols is 2. The Hall–Kier alpha value is -1.96. The van der Waals surface area contributed by atoms with Crippen molar-refractivity contribution in [1.82, 2.24) is 0 Å². The van der Waals surface area contributed by atoms with Crippen molar-refractivity contribution in [1.29, 1.82) is 0 Å². The van der Waals surface area contributed by atoms with Crippen LogP contribution in [-0.2, 0) is 5.41 Å². The predicted octanol–water partition coefficient (Wildman–Crippen LogP) is 4.04. The van der Waals surface area contributed by atoms with Crippen molar-refractivity contribution in [2.45, 2.75) is 33.1 Å². The van der Waals surface area contributed by atoms with E-state index in [4.69, 9.17) is 0 Å². The van der Waals surface area contributed by atoms with Crippen molar-refractivity contribution in [2.24, 2.45) is 0 Å². The van der Waals surface area contributed by atoms with Crippen molar-refractivity contribution >= 4 is 0 Å². The highest BCUT2D eigenvalue weighted by Crippen LogP contribution is 2.36. The van der Waals surface area contributed by atoms with E-state index in [0.717, 1.165) is 22.3 Å². The Kier molecular flexibility index (Phi) is 3.27. The third kappa shape index (κ3) is 2.43. The molecule has 2 aromatic carbocycles. The second-order valence-corrected chi connectivity index (χ2v) is 5.63. The normalized spacial score (nSPS) is 11.6. The molecule has 0 atom stereocenters. The van der Waals surface area contributed by atoms with Crippen molar-refractivity contribution < 1.29 is 10.2 Å². The van der Waals surface area contributed by atoms with E-state index in [9.17, 15) is 10.2 Å². The topological polar surface area (TPSA) is 40.5 Å². The summed E-state index contributed by atoms with van der Waals surface area (Å²) in [5.74, 6) is 0.633. The van der Waals surface area contributed by atoms with Crippen molar-refractivity contribution in [3.63, 3.8) is 0 Å². The Morgan fingerprint density at radius 1 is 0.842 bits per heavy atom. The molecule has 0 saturated heterocycles. The van der Waals surface area contributed by atoms with Gasteiger partial charge in [-0.05, 0) is 48.2 Å². The van der Waals surface area contributed by atoms with E-state index in [1.54, 1.807) is 12.1 Å². The Bertz CT molecular complexity index is 589. The van der Waals surface area contributed by atoms with E-state index >= 15 is 0 Å². The summed E-state index contributed by atoms with van der Waals surface area (Å²) >= 11 is 0. The molecule has 19 heavy (non-hydrogen) atoms. The van der Waals surface area contributed by atoms with Gasteiger partial charge >= 0.3 is 0 Å². The maximum absolute atomic E-state index is 9.87. The first-order valence-electron chi connectivity index (χ1n) is 6.42. The fraction of sp³-hybridized carbons (Fsp3) is 0.294. The molecular formula is C17H20O2. The summed E-state index contributed by atoms with van der Waals surface area (Å²) in [5.41, 5.74) is 3.72. The highest BCUT2D eigenvalue weighted by Gasteiger charge is 2.24. The van der Waals surface area contributed by atoms with Gasteiger partial charge in [0.1, 0.15) is 11.5 Å². The lowest BCUT2D eigenvalue weighted by Crippen LogP contribution is -2.19. The predicted molar refractivity (Wildman–Crippen MR) is 77.8 cm³/mol. The average Bonchev–Trinajstić information content (AvgIpc) is 2.35. The van der Waals surface area contributed by atoms with Gasteiger partial charge in [-0.1, -0.05) is 38.1 Å². The minimum atomic E-state index is -0.220. The molecule has 0 radical (unpaired) electrons. The van der Waals surface area contributed by atoms with Crippen LogP contribution in [0.15, 0.2) is 36.4 Å². The molecular weight excluding hydrogens is 236 g/mol. The van der Waals surface area contributed by atoms with Crippen LogP contribution in [-0.4, -0.2) is 10.2 Å². The molecule has 0 aliphatic rings. The van der Waals surface area contributed by atoms with E-state index in [2.05, 4.69) is 13.8 Å². The minimum Gasteiger partial charge on any atom is -0.508 e. The molecule has 0 aliphatic carbocycles. The zero-order chi connectivity index (χ0) is 14.2. The summed E-state index contributed by atoms with van der Waals surface area (Å²) in [7, 11) is 0. The van der Waals surface area contributed by atoms with Gasteiger partial charge < -0.3 is 10.2 Å². The molecule has 100 valence electrons. The Labute approximate surface area is 114 Å². The molecule has 0 spiro atoms. The number of aromatic hydroxyl groups is 2. The molecule has 2 N–H and O–H groups in total. The first-order chi connectivity index (χ1) is 8.82. The van der Waals surface area contributed by atoms with Gasteiger partial charge in [0.2, 0.25) is 0 Å². The van der Waals surface area contributed by atoms with Crippen LogP contribution in [0, 0.1) is 13.8 Å². The number of phenolic OH excluding ortho intramolecular Hbond substituents is 2. The molecule has 0 bridgehead atoms. The summed E-state index contributed by atoms with van der Waals surface area (Å²) in [5, 5.41) is 19.5. The lowest BCUT2D eigenvalue weighted by molar-refractivity contribution is 0.465. The lowest BCUT2D eigenvalue weighted by Gasteiger charge is -2.27. The van der Waals surface area contributed by atoms with E-state index < -0.39 is 0 Å². The Balaban J connectivity index is 2.56. The standard InChI is InChI=1S/C17H20O2/c1-11-8-14(9-12(2)16(11)19)17(3,4)13-6-5-7-15(18)10-13/h5-10,18-19H,1-4H3. The summed E-state index contributed by atoms with van der Waals surface area (Å²) in [4.78, 5) is 0. The SMILES string of the molecule is Cc1cc(C(C)(C)c2cccc(O)c2)cc(C)c1O. The molecule has 0 fully saturated rings. The maximum atomic E-state index is 9.87. The van der Waals surface area contributed by atoms with Gasteiger partial charge in [-0.15, -0.1) is 0 Å². The van der Waals surface area contributed by atoms with Gasteiger partial charge in [0.25, 0.3) is 0 Å². The average molecular weight is 256 g/mol. The molecule has 0 amide bonds. The van der Waals surface area contributed by atoms with Gasteiger partial charge in [0.05, 0.1) is 0 Å². The van der Waals surface area contributed by atoms with Crippen LogP contribution in [0.1, 0.15) is 36.1 Å². The number of hydrogen-bond acceptors (Lipinski definition) is 2. The van der Waals surface area contributed by atoms with Crippen LogP contribution in [0.4, 0.5) is 0 Å². The summed E-state index contributed by atoms with van der Waals surface area (Å²) in [6.45, 7) is 8.05. The van der Waals surface area contributed by atoms with Crippen LogP contribution in [0.3, 0.4) is 0 Å². The first-order valence-corrected chi connectivity index (χ1v) is 6.42. The second-order valence-electron chi connectivity index (χ2n) is 5.63. The van der Waals surface area contributed by atoms with Crippen LogP contribution >= 0.6 is 0 Å². The van der Waals surface area contributed by atoms with Gasteiger partial charge in [-0.25, -0.2) is 0 Å². The lowest BCUT2D eigenvalue weighted by atomic mass is 9.77. The van der Waals surface area contributed by atoms with Gasteiger partial charge in [0, 0.05) is 5.41 Å². The van der Waals surface area contributed by atoms with Crippen LogP contribution in [0.25, 0.3) is 0 Å². The van der Waals surface area contributed by atoms with Crippen LogP contribution in [0.2, 0.25) is 0 Å². The maximum Gasteiger partial charge on any atom is 0.121 e. The van der Waals surface area contributed by atoms with E-state index in [0.29, 0.717) is 5.75 Å². The van der Waals surface area contributed by atoms with Crippen molar-refractivity contribution in [2.75, 3.05) is 0 Å². The number of rotatable bonds is 2. The molecule has 0 saturated carbocycles. The molecule has 2 aromatic rings. The van der Waals surface area contributed by atoms with Crippen molar-refractivity contribution in [3.05, 3.63) is 58.7 Å². The van der Waals surface area contributed by atoms with E-state index in [1.807, 2.05) is 38.1 Å². The Morgan fingerprint density at radius 2 is 1.42 bits per heavy atom. The van der Waals surface area contributed by atoms with Crippen LogP contribution in [0.5, 0.6) is 11.5 Å². The van der Waals surface area contributed by atoms with Crippen LogP contribution < -0.4 is 0 Å². The summed E-state index contributed by atoms with van der Waals surface area (Å²) in [6.07, 6.45) is 0. The first kappa shape index (κ1) is 13.5. The largest absolute Gasteiger partial charge is 0.508 e. The second kappa shape index (κ2) is 4.61. The number of benzene rings is 2. The zero-order valence-corrected chi connectivity index (χ0v) is 11.9. The van der Waals surface area contributed by atoms with Gasteiger partial charge in [0.15, 0.2) is 0 Å². The molecule has 2 heteroatoms. The van der Waals surface area contributed by atoms with Gasteiger partial charge in [-0.2, -0.15) is 0 Å². The molecule has 0 aromatic heterocycles. The fourth-order valence-corrected chi connectivity index (χ4v) is 2.38. The minimum absolute atomic E-state index is 0.220. The monoisotopic (exact) mass is 256 g/mol. The summed E-state index contributed by atoms with van der Waals surface area (Å²) in [6, 6.07) is 11.3. The summed E-state index contributed by atoms with van der Waals surface area (Å²) < 4.78 is 0. The number of hydrogen-bond donors (Lipinski definition) is 2. The quantitative estimate of drug-likeness (QED) is 0.851. The highest BCUT2D eigenvalue weighted by atomic mass is 16.3. The fourth-order valence-electron chi connectivity index (χ4n) is 2.38.